The summed E-state index contributed by atoms with van der Waals surface area (Å²) in [6.45, 7) is 2.38. The average molecular weight is 492 g/mol. The van der Waals surface area contributed by atoms with Gasteiger partial charge >= 0.3 is 0 Å². The van der Waals surface area contributed by atoms with E-state index in [0.717, 1.165) is 0 Å². The molecular weight excluding hydrogens is 462 g/mol. The van der Waals surface area contributed by atoms with Crippen molar-refractivity contribution in [3.8, 4) is 23.0 Å². The molecule has 11 heteroatoms. The van der Waals surface area contributed by atoms with E-state index in [1.807, 2.05) is 29.2 Å². The summed E-state index contributed by atoms with van der Waals surface area (Å²) in [4.78, 5) is 14.5. The number of carbonyl (C=O) groups excluding carboxylic acids is 1. The zero-order valence-corrected chi connectivity index (χ0v) is 20.0. The van der Waals surface area contributed by atoms with Crippen LogP contribution >= 0.6 is 0 Å². The van der Waals surface area contributed by atoms with Crippen molar-refractivity contribution < 1.29 is 32.2 Å². The predicted molar refractivity (Wildman–Crippen MR) is 124 cm³/mol. The minimum atomic E-state index is -3.68. The van der Waals surface area contributed by atoms with E-state index in [1.54, 1.807) is 6.07 Å². The van der Waals surface area contributed by atoms with Crippen molar-refractivity contribution in [1.29, 1.82) is 0 Å². The van der Waals surface area contributed by atoms with Gasteiger partial charge in [-0.1, -0.05) is 12.1 Å². The van der Waals surface area contributed by atoms with Gasteiger partial charge in [-0.2, -0.15) is 4.31 Å². The second-order valence-electron chi connectivity index (χ2n) is 8.00. The fourth-order valence-electron chi connectivity index (χ4n) is 3.90. The van der Waals surface area contributed by atoms with Gasteiger partial charge in [0.05, 0.1) is 32.2 Å². The smallest absolute Gasteiger partial charge is 0.243 e. The van der Waals surface area contributed by atoms with Crippen molar-refractivity contribution in [2.45, 2.75) is 11.0 Å². The normalized spacial score (nSPS) is 18.8. The van der Waals surface area contributed by atoms with Crippen LogP contribution in [-0.2, 0) is 14.8 Å². The Bertz CT molecular complexity index is 1120. The van der Waals surface area contributed by atoms with Gasteiger partial charge < -0.3 is 24.3 Å². The molecule has 0 radical (unpaired) electrons. The Kier molecular flexibility index (Phi) is 7.44. The van der Waals surface area contributed by atoms with Crippen LogP contribution in [0, 0.1) is 0 Å². The van der Waals surface area contributed by atoms with Crippen molar-refractivity contribution in [3.63, 3.8) is 0 Å². The summed E-state index contributed by atoms with van der Waals surface area (Å²) in [7, 11) is -0.721. The van der Waals surface area contributed by atoms with Crippen molar-refractivity contribution in [1.82, 2.24) is 14.5 Å². The van der Waals surface area contributed by atoms with E-state index in [9.17, 15) is 13.2 Å². The standard InChI is InChI=1S/C23H29N3O7S/c1-30-19-8-7-18(13-22(19)31-2)34(28,29)26-11-9-25(10-12-26)15-23(27)24-14-17-16-32-20-5-3-4-6-21(20)33-17/h3-8,13,17H,9-12,14-16H2,1-2H3,(H,24,27). The first-order valence-corrected chi connectivity index (χ1v) is 12.4. The number of rotatable bonds is 8. The molecule has 0 bridgehead atoms. The fourth-order valence-corrected chi connectivity index (χ4v) is 5.34. The molecule has 1 fully saturated rings. The predicted octanol–water partition coefficient (Wildman–Crippen LogP) is 0.966. The summed E-state index contributed by atoms with van der Waals surface area (Å²) < 4.78 is 49.5. The van der Waals surface area contributed by atoms with Crippen LogP contribution in [0.2, 0.25) is 0 Å². The first-order chi connectivity index (χ1) is 16.4. The summed E-state index contributed by atoms with van der Waals surface area (Å²) in [5.74, 6) is 2.05. The third-order valence-corrected chi connectivity index (χ3v) is 7.68. The molecule has 1 atom stereocenters. The first kappa shape index (κ1) is 24.1. The second-order valence-corrected chi connectivity index (χ2v) is 9.94. The maximum Gasteiger partial charge on any atom is 0.243 e. The number of sulfonamides is 1. The van der Waals surface area contributed by atoms with Crippen LogP contribution in [0.3, 0.4) is 0 Å². The second kappa shape index (κ2) is 10.5. The zero-order chi connectivity index (χ0) is 24.1. The Morgan fingerprint density at radius 1 is 1.03 bits per heavy atom. The first-order valence-electron chi connectivity index (χ1n) is 11.0. The molecule has 4 rings (SSSR count). The highest BCUT2D eigenvalue weighted by atomic mass is 32.2. The number of hydrogen-bond acceptors (Lipinski definition) is 8. The number of carbonyl (C=O) groups is 1. The lowest BCUT2D eigenvalue weighted by Gasteiger charge is -2.33. The third-order valence-electron chi connectivity index (χ3n) is 5.79. The van der Waals surface area contributed by atoms with Crippen LogP contribution in [0.1, 0.15) is 0 Å². The number of nitrogens with zero attached hydrogens (tertiary/aromatic N) is 2. The molecule has 2 heterocycles. The van der Waals surface area contributed by atoms with Gasteiger partial charge in [0.2, 0.25) is 15.9 Å². The summed E-state index contributed by atoms with van der Waals surface area (Å²) in [6.07, 6.45) is -0.262. The van der Waals surface area contributed by atoms with Gasteiger partial charge in [-0.3, -0.25) is 9.69 Å². The van der Waals surface area contributed by atoms with E-state index >= 15 is 0 Å². The molecule has 0 aliphatic carbocycles. The lowest BCUT2D eigenvalue weighted by atomic mass is 10.2. The minimum Gasteiger partial charge on any atom is -0.493 e. The van der Waals surface area contributed by atoms with Crippen molar-refractivity contribution in [2.75, 3.05) is 60.1 Å². The summed E-state index contributed by atoms with van der Waals surface area (Å²) in [5.41, 5.74) is 0. The van der Waals surface area contributed by atoms with E-state index in [2.05, 4.69) is 5.32 Å². The fraction of sp³-hybridized carbons (Fsp3) is 0.435. The largest absolute Gasteiger partial charge is 0.493 e. The molecule has 0 spiro atoms. The van der Waals surface area contributed by atoms with E-state index in [-0.39, 0.29) is 23.5 Å². The van der Waals surface area contributed by atoms with E-state index in [0.29, 0.717) is 62.3 Å². The Hall–Kier alpha value is -3.02. The van der Waals surface area contributed by atoms with Crippen molar-refractivity contribution in [2.24, 2.45) is 0 Å². The SMILES string of the molecule is COc1ccc(S(=O)(=O)N2CCN(CC(=O)NCC3COc4ccccc4O3)CC2)cc1OC. The Morgan fingerprint density at radius 2 is 1.74 bits per heavy atom. The van der Waals surface area contributed by atoms with Crippen LogP contribution in [0.25, 0.3) is 0 Å². The molecule has 1 amide bonds. The van der Waals surface area contributed by atoms with Crippen LogP contribution in [0.15, 0.2) is 47.4 Å². The minimum absolute atomic E-state index is 0.140. The summed E-state index contributed by atoms with van der Waals surface area (Å²) in [6, 6.07) is 12.0. The molecular formula is C23H29N3O7S. The van der Waals surface area contributed by atoms with Gasteiger partial charge in [0, 0.05) is 32.2 Å². The molecule has 34 heavy (non-hydrogen) atoms. The number of piperazine rings is 1. The maximum absolute atomic E-state index is 13.1. The topological polar surface area (TPSA) is 107 Å². The molecule has 2 aliphatic heterocycles. The van der Waals surface area contributed by atoms with E-state index < -0.39 is 10.0 Å². The monoisotopic (exact) mass is 491 g/mol. The van der Waals surface area contributed by atoms with Crippen molar-refractivity contribution >= 4 is 15.9 Å². The highest BCUT2D eigenvalue weighted by molar-refractivity contribution is 7.89. The molecule has 0 saturated carbocycles. The van der Waals surface area contributed by atoms with Crippen LogP contribution in [-0.4, -0.2) is 89.7 Å². The molecule has 184 valence electrons. The van der Waals surface area contributed by atoms with Crippen LogP contribution in [0.4, 0.5) is 0 Å². The van der Waals surface area contributed by atoms with Gasteiger partial charge in [0.1, 0.15) is 12.7 Å². The van der Waals surface area contributed by atoms with Gasteiger partial charge in [0.25, 0.3) is 0 Å². The summed E-state index contributed by atoms with van der Waals surface area (Å²) in [5, 5.41) is 2.88. The molecule has 1 unspecified atom stereocenters. The van der Waals surface area contributed by atoms with E-state index in [1.165, 1.54) is 30.7 Å². The third kappa shape index (κ3) is 5.37. The maximum atomic E-state index is 13.1. The number of ether oxygens (including phenoxy) is 4. The van der Waals surface area contributed by atoms with Crippen molar-refractivity contribution in [3.05, 3.63) is 42.5 Å². The number of fused-ring (bicyclic) bond motifs is 1. The molecule has 2 aliphatic rings. The number of amides is 1. The molecule has 10 nitrogen and oxygen atoms in total. The molecule has 1 N–H and O–H groups in total. The molecule has 1 saturated heterocycles. The highest BCUT2D eigenvalue weighted by Crippen LogP contribution is 2.31. The van der Waals surface area contributed by atoms with Gasteiger partial charge in [-0.15, -0.1) is 0 Å². The van der Waals surface area contributed by atoms with Gasteiger partial charge in [0.15, 0.2) is 23.0 Å². The number of methoxy groups -OCH3 is 2. The lowest BCUT2D eigenvalue weighted by molar-refractivity contribution is -0.123. The molecule has 2 aromatic carbocycles. The average Bonchev–Trinajstić information content (AvgIpc) is 2.87. The quantitative estimate of drug-likeness (QED) is 0.582. The highest BCUT2D eigenvalue weighted by Gasteiger charge is 2.30. The number of hydrogen-bond donors (Lipinski definition) is 1. The Morgan fingerprint density at radius 3 is 2.44 bits per heavy atom. The van der Waals surface area contributed by atoms with E-state index in [4.69, 9.17) is 18.9 Å². The van der Waals surface area contributed by atoms with Crippen LogP contribution < -0.4 is 24.3 Å². The Balaban J connectivity index is 1.25. The number of benzene rings is 2. The van der Waals surface area contributed by atoms with Gasteiger partial charge in [-0.05, 0) is 24.3 Å². The number of nitrogens with one attached hydrogen (secondary N) is 1. The van der Waals surface area contributed by atoms with Gasteiger partial charge in [-0.25, -0.2) is 8.42 Å². The summed E-state index contributed by atoms with van der Waals surface area (Å²) >= 11 is 0. The zero-order valence-electron chi connectivity index (χ0n) is 19.2. The molecule has 0 aromatic heterocycles. The lowest BCUT2D eigenvalue weighted by Crippen LogP contribution is -2.51. The Labute approximate surface area is 199 Å². The molecule has 2 aromatic rings. The number of para-hydroxylation sites is 2. The van der Waals surface area contributed by atoms with Crippen LogP contribution in [0.5, 0.6) is 23.0 Å².